The molecule has 116 valence electrons. The van der Waals surface area contributed by atoms with Gasteiger partial charge in [-0.2, -0.15) is 0 Å². The molecule has 1 atom stereocenters. The molecule has 1 fully saturated rings. The van der Waals surface area contributed by atoms with Gasteiger partial charge >= 0.3 is 0 Å². The predicted molar refractivity (Wildman–Crippen MR) is 82.6 cm³/mol. The molecule has 2 N–H and O–H groups in total. The number of likely N-dealkylation sites (tertiary alicyclic amines) is 1. The van der Waals surface area contributed by atoms with Gasteiger partial charge in [-0.3, -0.25) is 4.90 Å². The quantitative estimate of drug-likeness (QED) is 0.910. The Hall–Kier alpha value is -1.30. The number of hydrogen-bond donors (Lipinski definition) is 1. The van der Waals surface area contributed by atoms with Crippen LogP contribution < -0.4 is 15.2 Å². The van der Waals surface area contributed by atoms with Crippen molar-refractivity contribution in [3.05, 3.63) is 23.8 Å². The molecule has 1 aromatic carbocycles. The van der Waals surface area contributed by atoms with E-state index in [2.05, 4.69) is 36.0 Å². The van der Waals surface area contributed by atoms with Gasteiger partial charge in [-0.05, 0) is 57.7 Å². The molecule has 3 rings (SSSR count). The summed E-state index contributed by atoms with van der Waals surface area (Å²) in [5, 5.41) is 0. The summed E-state index contributed by atoms with van der Waals surface area (Å²) in [6.07, 6.45) is 2.40. The van der Waals surface area contributed by atoms with E-state index in [4.69, 9.17) is 15.2 Å². The first-order valence-electron chi connectivity index (χ1n) is 7.69. The van der Waals surface area contributed by atoms with E-state index in [0.717, 1.165) is 24.6 Å². The Morgan fingerprint density at radius 1 is 1.29 bits per heavy atom. The molecule has 0 saturated carbocycles. The zero-order chi connectivity index (χ0) is 14.8. The molecule has 0 aromatic heterocycles. The SMILES string of the molecule is CN1CCC(N(C)C(CN)c2ccc3c(c2)OCO3)CC1. The minimum absolute atomic E-state index is 0.230. The first-order chi connectivity index (χ1) is 10.2. The zero-order valence-electron chi connectivity index (χ0n) is 12.9. The maximum absolute atomic E-state index is 6.06. The van der Waals surface area contributed by atoms with Crippen LogP contribution in [0.2, 0.25) is 0 Å². The van der Waals surface area contributed by atoms with Gasteiger partial charge in [0.05, 0.1) is 0 Å². The van der Waals surface area contributed by atoms with Gasteiger partial charge in [0.25, 0.3) is 0 Å². The average Bonchev–Trinajstić information content (AvgIpc) is 2.96. The van der Waals surface area contributed by atoms with Crippen LogP contribution in [-0.2, 0) is 0 Å². The van der Waals surface area contributed by atoms with E-state index in [1.807, 2.05) is 6.07 Å². The molecule has 0 spiro atoms. The lowest BCUT2D eigenvalue weighted by atomic mass is 9.98. The average molecular weight is 291 g/mol. The third-order valence-electron chi connectivity index (χ3n) is 4.76. The number of ether oxygens (including phenoxy) is 2. The number of piperidine rings is 1. The smallest absolute Gasteiger partial charge is 0.231 e. The number of fused-ring (bicyclic) bond motifs is 1. The standard InChI is InChI=1S/C16H25N3O2/c1-18-7-5-13(6-8-18)19(2)14(10-17)12-3-4-15-16(9-12)21-11-20-15/h3-4,9,13-14H,5-8,10-11,17H2,1-2H3. The Morgan fingerprint density at radius 3 is 2.71 bits per heavy atom. The van der Waals surface area contributed by atoms with E-state index < -0.39 is 0 Å². The van der Waals surface area contributed by atoms with E-state index in [9.17, 15) is 0 Å². The molecule has 2 aliphatic rings. The molecule has 0 aliphatic carbocycles. The van der Waals surface area contributed by atoms with Gasteiger partial charge in [0.1, 0.15) is 0 Å². The summed E-state index contributed by atoms with van der Waals surface area (Å²) in [5.74, 6) is 1.67. The minimum atomic E-state index is 0.230. The third kappa shape index (κ3) is 3.00. The van der Waals surface area contributed by atoms with Gasteiger partial charge in [-0.1, -0.05) is 6.07 Å². The molecule has 2 aliphatic heterocycles. The Kier molecular flexibility index (Phi) is 4.33. The lowest BCUT2D eigenvalue weighted by Crippen LogP contribution is -2.45. The summed E-state index contributed by atoms with van der Waals surface area (Å²) in [4.78, 5) is 4.83. The molecular weight excluding hydrogens is 266 g/mol. The van der Waals surface area contributed by atoms with Gasteiger partial charge in [0.15, 0.2) is 11.5 Å². The molecule has 5 nitrogen and oxygen atoms in total. The molecule has 5 heteroatoms. The third-order valence-corrected chi connectivity index (χ3v) is 4.76. The molecule has 1 saturated heterocycles. The Labute approximate surface area is 126 Å². The second-order valence-electron chi connectivity index (χ2n) is 6.06. The fraction of sp³-hybridized carbons (Fsp3) is 0.625. The molecule has 0 bridgehead atoms. The van der Waals surface area contributed by atoms with Crippen molar-refractivity contribution in [3.8, 4) is 11.5 Å². The van der Waals surface area contributed by atoms with Gasteiger partial charge < -0.3 is 20.1 Å². The van der Waals surface area contributed by atoms with Crippen molar-refractivity contribution in [1.82, 2.24) is 9.80 Å². The van der Waals surface area contributed by atoms with Gasteiger partial charge in [-0.25, -0.2) is 0 Å². The lowest BCUT2D eigenvalue weighted by molar-refractivity contribution is 0.109. The fourth-order valence-corrected chi connectivity index (χ4v) is 3.31. The van der Waals surface area contributed by atoms with E-state index in [1.165, 1.54) is 18.4 Å². The summed E-state index contributed by atoms with van der Waals surface area (Å²) in [6, 6.07) is 7.00. The normalized spacial score (nSPS) is 21.0. The van der Waals surface area contributed by atoms with Crippen LogP contribution in [0.5, 0.6) is 11.5 Å². The van der Waals surface area contributed by atoms with Gasteiger partial charge in [0, 0.05) is 18.6 Å². The van der Waals surface area contributed by atoms with Crippen LogP contribution in [0.15, 0.2) is 18.2 Å². The van der Waals surface area contributed by atoms with E-state index in [-0.39, 0.29) is 6.04 Å². The van der Waals surface area contributed by atoms with Crippen LogP contribution in [0.3, 0.4) is 0 Å². The highest BCUT2D eigenvalue weighted by Crippen LogP contribution is 2.35. The highest BCUT2D eigenvalue weighted by atomic mass is 16.7. The largest absolute Gasteiger partial charge is 0.454 e. The molecule has 1 aromatic rings. The monoisotopic (exact) mass is 291 g/mol. The van der Waals surface area contributed by atoms with Crippen molar-refractivity contribution in [2.24, 2.45) is 5.73 Å². The van der Waals surface area contributed by atoms with Crippen molar-refractivity contribution in [2.45, 2.75) is 24.9 Å². The van der Waals surface area contributed by atoms with Crippen molar-refractivity contribution in [2.75, 3.05) is 40.5 Å². The highest BCUT2D eigenvalue weighted by Gasteiger charge is 2.27. The maximum atomic E-state index is 6.06. The molecule has 0 radical (unpaired) electrons. The number of hydrogen-bond acceptors (Lipinski definition) is 5. The first-order valence-corrected chi connectivity index (χ1v) is 7.69. The molecule has 2 heterocycles. The van der Waals surface area contributed by atoms with Crippen LogP contribution in [0.4, 0.5) is 0 Å². The lowest BCUT2D eigenvalue weighted by Gasteiger charge is -2.39. The van der Waals surface area contributed by atoms with E-state index in [0.29, 0.717) is 19.4 Å². The summed E-state index contributed by atoms with van der Waals surface area (Å²) < 4.78 is 10.9. The zero-order valence-corrected chi connectivity index (χ0v) is 12.9. The number of nitrogens with zero attached hydrogens (tertiary/aromatic N) is 2. The first kappa shape index (κ1) is 14.6. The second-order valence-corrected chi connectivity index (χ2v) is 6.06. The van der Waals surface area contributed by atoms with Crippen LogP contribution in [0, 0.1) is 0 Å². The number of benzene rings is 1. The van der Waals surface area contributed by atoms with Crippen molar-refractivity contribution in [3.63, 3.8) is 0 Å². The fourth-order valence-electron chi connectivity index (χ4n) is 3.31. The summed E-state index contributed by atoms with van der Waals surface area (Å²) >= 11 is 0. The summed E-state index contributed by atoms with van der Waals surface area (Å²) in [7, 11) is 4.38. The molecule has 0 amide bonds. The Morgan fingerprint density at radius 2 is 2.00 bits per heavy atom. The number of likely N-dealkylation sites (N-methyl/N-ethyl adjacent to an activating group) is 1. The van der Waals surface area contributed by atoms with E-state index >= 15 is 0 Å². The van der Waals surface area contributed by atoms with Crippen LogP contribution >= 0.6 is 0 Å². The van der Waals surface area contributed by atoms with Gasteiger partial charge in [-0.15, -0.1) is 0 Å². The van der Waals surface area contributed by atoms with Crippen LogP contribution in [0.25, 0.3) is 0 Å². The molecule has 1 unspecified atom stereocenters. The van der Waals surface area contributed by atoms with Crippen molar-refractivity contribution < 1.29 is 9.47 Å². The topological polar surface area (TPSA) is 51.0 Å². The van der Waals surface area contributed by atoms with Crippen LogP contribution in [0.1, 0.15) is 24.4 Å². The minimum Gasteiger partial charge on any atom is -0.454 e. The Bertz CT molecular complexity index is 486. The van der Waals surface area contributed by atoms with Crippen LogP contribution in [-0.4, -0.2) is 56.4 Å². The Balaban J connectivity index is 1.74. The van der Waals surface area contributed by atoms with Crippen molar-refractivity contribution in [1.29, 1.82) is 0 Å². The molecular formula is C16H25N3O2. The van der Waals surface area contributed by atoms with Gasteiger partial charge in [0.2, 0.25) is 6.79 Å². The molecule has 21 heavy (non-hydrogen) atoms. The predicted octanol–water partition coefficient (Wildman–Crippen LogP) is 1.44. The maximum Gasteiger partial charge on any atom is 0.231 e. The van der Waals surface area contributed by atoms with Crippen molar-refractivity contribution >= 4 is 0 Å². The number of nitrogens with two attached hydrogens (primary N) is 1. The summed E-state index contributed by atoms with van der Waals surface area (Å²) in [5.41, 5.74) is 7.27. The van der Waals surface area contributed by atoms with E-state index in [1.54, 1.807) is 0 Å². The number of rotatable bonds is 4. The highest BCUT2D eigenvalue weighted by molar-refractivity contribution is 5.45. The summed E-state index contributed by atoms with van der Waals surface area (Å²) in [6.45, 7) is 3.25. The second kappa shape index (κ2) is 6.22.